The smallest absolute Gasteiger partial charge is 0.257 e. The molecule has 0 bridgehead atoms. The van der Waals surface area contributed by atoms with Crippen molar-refractivity contribution in [2.45, 2.75) is 13.5 Å². The molecular weight excluding hydrogens is 396 g/mol. The Kier molecular flexibility index (Phi) is 4.61. The summed E-state index contributed by atoms with van der Waals surface area (Å²) in [6, 6.07) is 17.4. The number of thiophene rings is 1. The van der Waals surface area contributed by atoms with E-state index in [1.165, 1.54) is 4.88 Å². The highest BCUT2D eigenvalue weighted by atomic mass is 32.1. The molecule has 0 spiro atoms. The van der Waals surface area contributed by atoms with E-state index >= 15 is 0 Å². The third-order valence-corrected chi connectivity index (χ3v) is 5.58. The number of amides is 1. The summed E-state index contributed by atoms with van der Waals surface area (Å²) in [6.45, 7) is 2.50. The molecule has 4 aromatic heterocycles. The summed E-state index contributed by atoms with van der Waals surface area (Å²) < 4.78 is 3.55. The number of carbonyl (C=O) groups is 1. The topological polar surface area (TPSA) is 77.6 Å². The third-order valence-electron chi connectivity index (χ3n) is 4.72. The lowest BCUT2D eigenvalue weighted by Crippen LogP contribution is -2.14. The van der Waals surface area contributed by atoms with Crippen LogP contribution in [0.1, 0.15) is 20.9 Å². The monoisotopic (exact) mass is 414 g/mol. The summed E-state index contributed by atoms with van der Waals surface area (Å²) in [5.41, 5.74) is 2.91. The van der Waals surface area contributed by atoms with E-state index in [2.05, 4.69) is 26.6 Å². The largest absolute Gasteiger partial charge is 0.305 e. The molecule has 0 atom stereocenters. The number of aryl methyl sites for hydroxylation is 1. The number of fused-ring (bicyclic) bond motifs is 1. The van der Waals surface area contributed by atoms with Gasteiger partial charge in [-0.2, -0.15) is 10.2 Å². The molecule has 5 rings (SSSR count). The Morgan fingerprint density at radius 2 is 2.00 bits per heavy atom. The molecule has 1 N–H and O–H groups in total. The number of pyridine rings is 1. The van der Waals surface area contributed by atoms with E-state index in [1.54, 1.807) is 34.3 Å². The van der Waals surface area contributed by atoms with Crippen molar-refractivity contribution in [3.63, 3.8) is 0 Å². The number of rotatable bonds is 5. The molecule has 0 aliphatic rings. The molecular formula is C22H18N6OS. The fourth-order valence-electron chi connectivity index (χ4n) is 3.33. The first-order valence-corrected chi connectivity index (χ1v) is 10.3. The van der Waals surface area contributed by atoms with E-state index < -0.39 is 0 Å². The van der Waals surface area contributed by atoms with Gasteiger partial charge in [-0.3, -0.25) is 4.79 Å². The Labute approximate surface area is 176 Å². The van der Waals surface area contributed by atoms with Crippen LogP contribution in [0.2, 0.25) is 0 Å². The highest BCUT2D eigenvalue weighted by Gasteiger charge is 2.17. The highest BCUT2D eigenvalue weighted by Crippen LogP contribution is 2.21. The van der Waals surface area contributed by atoms with E-state index in [9.17, 15) is 4.79 Å². The predicted molar refractivity (Wildman–Crippen MR) is 117 cm³/mol. The maximum absolute atomic E-state index is 13.0. The number of hydrogen-bond donors (Lipinski definition) is 1. The average molecular weight is 414 g/mol. The zero-order valence-electron chi connectivity index (χ0n) is 16.2. The number of anilines is 1. The summed E-state index contributed by atoms with van der Waals surface area (Å²) in [5.74, 6) is 0.247. The average Bonchev–Trinajstić information content (AvgIpc) is 3.51. The Morgan fingerprint density at radius 3 is 2.80 bits per heavy atom. The van der Waals surface area contributed by atoms with Crippen molar-refractivity contribution in [2.75, 3.05) is 5.32 Å². The van der Waals surface area contributed by atoms with Gasteiger partial charge in [-0.1, -0.05) is 24.3 Å². The summed E-state index contributed by atoms with van der Waals surface area (Å²) in [6.07, 6.45) is 3.52. The van der Waals surface area contributed by atoms with Crippen LogP contribution in [0, 0.1) is 6.92 Å². The molecule has 148 valence electrons. The van der Waals surface area contributed by atoms with E-state index in [0.717, 1.165) is 16.8 Å². The van der Waals surface area contributed by atoms with Crippen LogP contribution in [-0.4, -0.2) is 30.5 Å². The van der Waals surface area contributed by atoms with Gasteiger partial charge in [0.2, 0.25) is 0 Å². The Bertz CT molecular complexity index is 1320. The normalized spacial score (nSPS) is 11.1. The van der Waals surface area contributed by atoms with Crippen LogP contribution in [0.4, 0.5) is 5.82 Å². The number of para-hydroxylation sites is 1. The van der Waals surface area contributed by atoms with Crippen LogP contribution in [0.3, 0.4) is 0 Å². The molecule has 1 aromatic carbocycles. The van der Waals surface area contributed by atoms with Crippen LogP contribution in [0.5, 0.6) is 0 Å². The first-order chi connectivity index (χ1) is 14.7. The quantitative estimate of drug-likeness (QED) is 0.465. The van der Waals surface area contributed by atoms with Crippen molar-refractivity contribution >= 4 is 34.1 Å². The van der Waals surface area contributed by atoms with Gasteiger partial charge in [-0.15, -0.1) is 11.3 Å². The van der Waals surface area contributed by atoms with Crippen LogP contribution in [0.15, 0.2) is 72.4 Å². The fraction of sp³-hybridized carbons (Fsp3) is 0.0909. The standard InChI is InChI=1S/C22H18N6OS/c1-15-12-18(19-13-23-28(21(19)24-15)14-17-8-5-11-30-17)22(29)25-20-9-10-27(26-20)16-6-3-2-4-7-16/h2-13H,14H2,1H3,(H,25,26,29). The van der Waals surface area contributed by atoms with Crippen molar-refractivity contribution in [1.82, 2.24) is 24.5 Å². The van der Waals surface area contributed by atoms with E-state index in [1.807, 2.05) is 59.6 Å². The number of aromatic nitrogens is 5. The van der Waals surface area contributed by atoms with E-state index in [-0.39, 0.29) is 5.91 Å². The van der Waals surface area contributed by atoms with Gasteiger partial charge in [0, 0.05) is 22.8 Å². The highest BCUT2D eigenvalue weighted by molar-refractivity contribution is 7.09. The SMILES string of the molecule is Cc1cc(C(=O)Nc2ccn(-c3ccccc3)n2)c2cnn(Cc3cccs3)c2n1. The van der Waals surface area contributed by atoms with E-state index in [0.29, 0.717) is 23.6 Å². The van der Waals surface area contributed by atoms with E-state index in [4.69, 9.17) is 0 Å². The van der Waals surface area contributed by atoms with Gasteiger partial charge in [-0.05, 0) is 36.6 Å². The third kappa shape index (κ3) is 3.48. The molecule has 0 aliphatic carbocycles. The van der Waals surface area contributed by atoms with Gasteiger partial charge in [0.25, 0.3) is 5.91 Å². The van der Waals surface area contributed by atoms with Crippen molar-refractivity contribution in [3.05, 3.63) is 88.5 Å². The van der Waals surface area contributed by atoms with Crippen molar-refractivity contribution in [1.29, 1.82) is 0 Å². The van der Waals surface area contributed by atoms with Gasteiger partial charge in [-0.25, -0.2) is 14.3 Å². The number of benzene rings is 1. The molecule has 1 amide bonds. The van der Waals surface area contributed by atoms with Crippen LogP contribution in [0.25, 0.3) is 16.7 Å². The van der Waals surface area contributed by atoms with Crippen LogP contribution in [-0.2, 0) is 6.54 Å². The van der Waals surface area contributed by atoms with Crippen molar-refractivity contribution in [3.8, 4) is 5.69 Å². The molecule has 0 unspecified atom stereocenters. The maximum Gasteiger partial charge on any atom is 0.257 e. The summed E-state index contributed by atoms with van der Waals surface area (Å²) in [7, 11) is 0. The van der Waals surface area contributed by atoms with Crippen molar-refractivity contribution < 1.29 is 4.79 Å². The number of nitrogens with zero attached hydrogens (tertiary/aromatic N) is 5. The molecule has 0 fully saturated rings. The second kappa shape index (κ2) is 7.57. The molecule has 0 saturated carbocycles. The van der Waals surface area contributed by atoms with Gasteiger partial charge >= 0.3 is 0 Å². The second-order valence-electron chi connectivity index (χ2n) is 6.87. The first kappa shape index (κ1) is 18.3. The molecule has 30 heavy (non-hydrogen) atoms. The van der Waals surface area contributed by atoms with Gasteiger partial charge in [0.15, 0.2) is 11.5 Å². The molecule has 0 aliphatic heterocycles. The molecule has 7 nitrogen and oxygen atoms in total. The Morgan fingerprint density at radius 1 is 1.13 bits per heavy atom. The zero-order chi connectivity index (χ0) is 20.5. The lowest BCUT2D eigenvalue weighted by atomic mass is 10.1. The lowest BCUT2D eigenvalue weighted by Gasteiger charge is -2.06. The van der Waals surface area contributed by atoms with Crippen molar-refractivity contribution in [2.24, 2.45) is 0 Å². The lowest BCUT2D eigenvalue weighted by molar-refractivity contribution is 0.102. The van der Waals surface area contributed by atoms with Gasteiger partial charge in [0.05, 0.1) is 29.4 Å². The zero-order valence-corrected chi connectivity index (χ0v) is 17.0. The minimum Gasteiger partial charge on any atom is -0.305 e. The number of hydrogen-bond acceptors (Lipinski definition) is 5. The predicted octanol–water partition coefficient (Wildman–Crippen LogP) is 4.29. The maximum atomic E-state index is 13.0. The second-order valence-corrected chi connectivity index (χ2v) is 7.90. The number of carbonyl (C=O) groups excluding carboxylic acids is 1. The Hall–Kier alpha value is -3.78. The van der Waals surface area contributed by atoms with Crippen LogP contribution >= 0.6 is 11.3 Å². The molecule has 0 saturated heterocycles. The molecule has 8 heteroatoms. The summed E-state index contributed by atoms with van der Waals surface area (Å²) >= 11 is 1.67. The minimum atomic E-state index is -0.237. The van der Waals surface area contributed by atoms with Gasteiger partial charge in [0.1, 0.15) is 0 Å². The molecule has 5 aromatic rings. The van der Waals surface area contributed by atoms with Gasteiger partial charge < -0.3 is 5.32 Å². The molecule has 4 heterocycles. The fourth-order valence-corrected chi connectivity index (χ4v) is 4.01. The number of nitrogens with one attached hydrogen (secondary N) is 1. The molecule has 0 radical (unpaired) electrons. The first-order valence-electron chi connectivity index (χ1n) is 9.45. The summed E-state index contributed by atoms with van der Waals surface area (Å²) in [4.78, 5) is 18.8. The van der Waals surface area contributed by atoms with Crippen LogP contribution < -0.4 is 5.32 Å². The Balaban J connectivity index is 1.44. The minimum absolute atomic E-state index is 0.237. The summed E-state index contributed by atoms with van der Waals surface area (Å²) in [5, 5.41) is 14.6.